The molecule has 0 saturated carbocycles. The molecule has 0 saturated heterocycles. The van der Waals surface area contributed by atoms with E-state index in [4.69, 9.17) is 0 Å². The Morgan fingerprint density at radius 3 is 1.83 bits per heavy atom. The zero-order valence-corrected chi connectivity index (χ0v) is 14.4. The monoisotopic (exact) mass is 356 g/mol. The van der Waals surface area contributed by atoms with Gasteiger partial charge in [-0.05, 0) is 42.5 Å². The van der Waals surface area contributed by atoms with Gasteiger partial charge in [-0.2, -0.15) is 0 Å². The number of benzene rings is 3. The highest BCUT2D eigenvalue weighted by atomic mass is 32.2. The minimum atomic E-state index is -3.47. The van der Waals surface area contributed by atoms with Crippen molar-refractivity contribution in [1.82, 2.24) is 0 Å². The molecule has 0 radical (unpaired) electrons. The molecule has 2 nitrogen and oxygen atoms in total. The minimum absolute atomic E-state index is 0.328. The lowest BCUT2D eigenvalue weighted by Gasteiger charge is -2.18. The maximum Gasteiger partial charge on any atom is 0.206 e. The molecule has 0 spiro atoms. The first kappa shape index (κ1) is 14.9. The Bertz CT molecular complexity index is 980. The first-order valence-electron chi connectivity index (χ1n) is 7.03. The van der Waals surface area contributed by atoms with Crippen LogP contribution < -0.4 is 0 Å². The number of fused-ring (bicyclic) bond motifs is 2. The van der Waals surface area contributed by atoms with Crippen molar-refractivity contribution in [3.8, 4) is 0 Å². The van der Waals surface area contributed by atoms with Crippen molar-refractivity contribution in [1.29, 1.82) is 0 Å². The standard InChI is InChI=1S/C18H12O2S3/c19-23(20,13-6-2-1-3-7-13)14-10-11-17-18(12-14)22-16-9-5-4-8-15(16)21-17/h1-12H. The lowest BCUT2D eigenvalue weighted by molar-refractivity contribution is 0.595. The third-order valence-electron chi connectivity index (χ3n) is 3.57. The number of hydrogen-bond donors (Lipinski definition) is 0. The molecule has 0 aliphatic carbocycles. The zero-order chi connectivity index (χ0) is 15.9. The van der Waals surface area contributed by atoms with Gasteiger partial charge < -0.3 is 0 Å². The zero-order valence-electron chi connectivity index (χ0n) is 12.0. The molecule has 114 valence electrons. The van der Waals surface area contributed by atoms with Gasteiger partial charge in [-0.25, -0.2) is 8.42 Å². The quantitative estimate of drug-likeness (QED) is 0.498. The summed E-state index contributed by atoms with van der Waals surface area (Å²) in [6.07, 6.45) is 0. The molecular formula is C18H12O2S3. The van der Waals surface area contributed by atoms with E-state index in [-0.39, 0.29) is 0 Å². The summed E-state index contributed by atoms with van der Waals surface area (Å²) in [5, 5.41) is 0. The van der Waals surface area contributed by atoms with Gasteiger partial charge in [0, 0.05) is 19.6 Å². The summed E-state index contributed by atoms with van der Waals surface area (Å²) in [6.45, 7) is 0. The largest absolute Gasteiger partial charge is 0.219 e. The maximum absolute atomic E-state index is 12.7. The normalized spacial score (nSPS) is 13.2. The van der Waals surface area contributed by atoms with Gasteiger partial charge in [0.15, 0.2) is 0 Å². The smallest absolute Gasteiger partial charge is 0.206 e. The van der Waals surface area contributed by atoms with Crippen LogP contribution in [0.15, 0.2) is 102 Å². The van der Waals surface area contributed by atoms with Crippen molar-refractivity contribution in [2.45, 2.75) is 29.4 Å². The molecular weight excluding hydrogens is 344 g/mol. The Hall–Kier alpha value is -1.69. The third kappa shape index (κ3) is 2.69. The summed E-state index contributed by atoms with van der Waals surface area (Å²) >= 11 is 3.30. The molecule has 4 rings (SSSR count). The van der Waals surface area contributed by atoms with Gasteiger partial charge in [-0.3, -0.25) is 0 Å². The Kier molecular flexibility index (Phi) is 3.71. The second kappa shape index (κ2) is 5.74. The topological polar surface area (TPSA) is 34.1 Å². The predicted octanol–water partition coefficient (Wildman–Crippen LogP) is 5.14. The number of sulfone groups is 1. The predicted molar refractivity (Wildman–Crippen MR) is 93.0 cm³/mol. The molecule has 5 heteroatoms. The molecule has 3 aromatic carbocycles. The molecule has 0 amide bonds. The molecule has 0 atom stereocenters. The average Bonchev–Trinajstić information content (AvgIpc) is 2.60. The van der Waals surface area contributed by atoms with Crippen LogP contribution in [0.3, 0.4) is 0 Å². The van der Waals surface area contributed by atoms with Gasteiger partial charge in [0.25, 0.3) is 0 Å². The third-order valence-corrected chi connectivity index (χ3v) is 7.88. The first-order chi connectivity index (χ1) is 11.1. The van der Waals surface area contributed by atoms with Gasteiger partial charge in [-0.15, -0.1) is 0 Å². The van der Waals surface area contributed by atoms with Gasteiger partial charge in [0.05, 0.1) is 9.79 Å². The van der Waals surface area contributed by atoms with E-state index in [1.54, 1.807) is 59.9 Å². The molecule has 0 fully saturated rings. The fourth-order valence-corrected chi connectivity index (χ4v) is 6.05. The fourth-order valence-electron chi connectivity index (χ4n) is 2.41. The Labute approximate surface area is 143 Å². The molecule has 0 unspecified atom stereocenters. The van der Waals surface area contributed by atoms with E-state index in [1.165, 1.54) is 9.79 Å². The Morgan fingerprint density at radius 1 is 0.565 bits per heavy atom. The van der Waals surface area contributed by atoms with Gasteiger partial charge in [-0.1, -0.05) is 53.9 Å². The van der Waals surface area contributed by atoms with Gasteiger partial charge in [0.1, 0.15) is 0 Å². The van der Waals surface area contributed by atoms with Crippen LogP contribution in [-0.2, 0) is 9.84 Å². The van der Waals surface area contributed by atoms with Gasteiger partial charge in [0.2, 0.25) is 9.84 Å². The molecule has 1 aliphatic heterocycles. The van der Waals surface area contributed by atoms with Crippen LogP contribution in [-0.4, -0.2) is 8.42 Å². The van der Waals surface area contributed by atoms with E-state index < -0.39 is 9.84 Å². The van der Waals surface area contributed by atoms with Gasteiger partial charge >= 0.3 is 0 Å². The maximum atomic E-state index is 12.7. The van der Waals surface area contributed by atoms with Crippen LogP contribution in [0.2, 0.25) is 0 Å². The summed E-state index contributed by atoms with van der Waals surface area (Å²) in [4.78, 5) is 5.14. The first-order valence-corrected chi connectivity index (χ1v) is 10.2. The number of hydrogen-bond acceptors (Lipinski definition) is 4. The SMILES string of the molecule is O=S(=O)(c1ccccc1)c1ccc2c(c1)Sc1ccccc1S2. The second-order valence-electron chi connectivity index (χ2n) is 5.08. The lowest BCUT2D eigenvalue weighted by atomic mass is 10.3. The Morgan fingerprint density at radius 2 is 1.13 bits per heavy atom. The summed E-state index contributed by atoms with van der Waals surface area (Å²) in [5.41, 5.74) is 0. The van der Waals surface area contributed by atoms with Crippen molar-refractivity contribution < 1.29 is 8.42 Å². The minimum Gasteiger partial charge on any atom is -0.219 e. The summed E-state index contributed by atoms with van der Waals surface area (Å²) in [5.74, 6) is 0. The van der Waals surface area contributed by atoms with Crippen LogP contribution in [0.25, 0.3) is 0 Å². The highest BCUT2D eigenvalue weighted by Crippen LogP contribution is 2.48. The molecule has 1 aliphatic rings. The molecule has 3 aromatic rings. The van der Waals surface area contributed by atoms with Crippen molar-refractivity contribution in [3.05, 3.63) is 72.8 Å². The van der Waals surface area contributed by atoms with Crippen molar-refractivity contribution in [3.63, 3.8) is 0 Å². The summed E-state index contributed by atoms with van der Waals surface area (Å²) in [6, 6.07) is 22.1. The van der Waals surface area contributed by atoms with E-state index in [1.807, 2.05) is 24.3 Å². The fraction of sp³-hybridized carbons (Fsp3) is 0. The highest BCUT2D eigenvalue weighted by molar-refractivity contribution is 8.05. The van der Waals surface area contributed by atoms with Crippen LogP contribution in [0, 0.1) is 0 Å². The molecule has 1 heterocycles. The van der Waals surface area contributed by atoms with Crippen molar-refractivity contribution in [2.75, 3.05) is 0 Å². The van der Waals surface area contributed by atoms with E-state index >= 15 is 0 Å². The van der Waals surface area contributed by atoms with Crippen molar-refractivity contribution in [2.24, 2.45) is 0 Å². The molecule has 0 aromatic heterocycles. The molecule has 0 N–H and O–H groups in total. The Balaban J connectivity index is 1.77. The molecule has 0 bridgehead atoms. The average molecular weight is 356 g/mol. The van der Waals surface area contributed by atoms with Crippen molar-refractivity contribution >= 4 is 33.4 Å². The highest BCUT2D eigenvalue weighted by Gasteiger charge is 2.22. The van der Waals surface area contributed by atoms with E-state index in [0.29, 0.717) is 9.79 Å². The second-order valence-corrected chi connectivity index (χ2v) is 9.19. The lowest BCUT2D eigenvalue weighted by Crippen LogP contribution is -2.02. The molecule has 23 heavy (non-hydrogen) atoms. The van der Waals surface area contributed by atoms with Crippen LogP contribution in [0.1, 0.15) is 0 Å². The van der Waals surface area contributed by atoms with E-state index in [0.717, 1.165) is 9.79 Å². The van der Waals surface area contributed by atoms with E-state index in [9.17, 15) is 8.42 Å². The van der Waals surface area contributed by atoms with E-state index in [2.05, 4.69) is 12.1 Å². The van der Waals surface area contributed by atoms with Crippen LogP contribution in [0.4, 0.5) is 0 Å². The number of rotatable bonds is 2. The van der Waals surface area contributed by atoms with Crippen LogP contribution >= 0.6 is 23.5 Å². The summed E-state index contributed by atoms with van der Waals surface area (Å²) < 4.78 is 25.5. The summed E-state index contributed by atoms with van der Waals surface area (Å²) in [7, 11) is -3.47. The van der Waals surface area contributed by atoms with Crippen LogP contribution in [0.5, 0.6) is 0 Å².